The first-order chi connectivity index (χ1) is 28.4. The lowest BCUT2D eigenvalue weighted by Gasteiger charge is -2.24. The number of carbonyl (C=O) groups is 3. The van der Waals surface area contributed by atoms with Crippen LogP contribution in [0.25, 0.3) is 22.3 Å². The van der Waals surface area contributed by atoms with Gasteiger partial charge in [0.1, 0.15) is 30.4 Å². The zero-order valence-electron chi connectivity index (χ0n) is 34.2. The van der Waals surface area contributed by atoms with Crippen molar-refractivity contribution in [2.45, 2.75) is 59.4 Å². The van der Waals surface area contributed by atoms with E-state index in [2.05, 4.69) is 27.7 Å². The van der Waals surface area contributed by atoms with Crippen molar-refractivity contribution in [3.05, 3.63) is 120 Å². The molecule has 1 aromatic heterocycles. The van der Waals surface area contributed by atoms with Crippen LogP contribution in [0.5, 0.6) is 5.75 Å². The largest absolute Gasteiger partial charge is 0.507 e. The number of fused-ring (bicyclic) bond motifs is 1. The average molecular weight is 803 g/mol. The third kappa shape index (κ3) is 12.6. The summed E-state index contributed by atoms with van der Waals surface area (Å²) in [6.45, 7) is 12.0. The van der Waals surface area contributed by atoms with E-state index in [1.165, 1.54) is 0 Å². The second-order valence-electron chi connectivity index (χ2n) is 16.0. The molecule has 13 heteroatoms. The molecule has 0 bridgehead atoms. The second kappa shape index (κ2) is 19.9. The van der Waals surface area contributed by atoms with Crippen LogP contribution in [0.15, 0.2) is 103 Å². The number of amides is 3. The van der Waals surface area contributed by atoms with Crippen LogP contribution in [0.1, 0.15) is 50.3 Å². The van der Waals surface area contributed by atoms with Gasteiger partial charge in [0.25, 0.3) is 0 Å². The maximum absolute atomic E-state index is 12.2. The molecular formula is C46H54N6O7. The van der Waals surface area contributed by atoms with Crippen LogP contribution in [0.3, 0.4) is 0 Å². The van der Waals surface area contributed by atoms with Gasteiger partial charge in [-0.2, -0.15) is 0 Å². The molecule has 3 heterocycles. The van der Waals surface area contributed by atoms with Crippen molar-refractivity contribution >= 4 is 35.0 Å². The first-order valence-electron chi connectivity index (χ1n) is 20.1. The summed E-state index contributed by atoms with van der Waals surface area (Å²) in [7, 11) is 0. The Labute approximate surface area is 345 Å². The number of likely N-dealkylation sites (tertiary alicyclic amines) is 1. The number of nitrogens with zero attached hydrogens (tertiary/aromatic N) is 4. The number of para-hydroxylation sites is 1. The van der Waals surface area contributed by atoms with E-state index in [4.69, 9.17) is 24.2 Å². The topological polar surface area (TPSA) is 155 Å². The standard InChI is InChI=1S/C28H28N4O3.C18H26N2O4/c1-19-11-12-22-24(15-19)30-26(23-9-5-6-10-25(23)33)31-27(22)32-14-13-21(17-32)16-29-28(34)35-18-20-7-3-2-4-8-20;1-18(2,3)24-17(22)20-10-9-15(12-20)11-19-16(21)23-13-14-7-5-4-6-8-14/h2-12,15,21,33H,13-14,16-18H2,1H3,(H,29,34);4-8,15H,9-13H2,1-3H3,(H,19,21)/t21-;15-/m00/s1. The van der Waals surface area contributed by atoms with Crippen molar-refractivity contribution in [2.24, 2.45) is 11.8 Å². The molecule has 3 N–H and O–H groups in total. The predicted molar refractivity (Wildman–Crippen MR) is 227 cm³/mol. The van der Waals surface area contributed by atoms with Crippen molar-refractivity contribution in [3.8, 4) is 17.1 Å². The quantitative estimate of drug-likeness (QED) is 0.118. The summed E-state index contributed by atoms with van der Waals surface area (Å²) >= 11 is 0. The zero-order chi connectivity index (χ0) is 41.8. The molecule has 7 rings (SSSR count). The van der Waals surface area contributed by atoms with E-state index in [0.717, 1.165) is 59.3 Å². The number of nitrogens with one attached hydrogen (secondary N) is 2. The molecule has 0 unspecified atom stereocenters. The van der Waals surface area contributed by atoms with E-state index in [-0.39, 0.29) is 36.9 Å². The molecule has 2 aliphatic heterocycles. The first kappa shape index (κ1) is 42.2. The third-order valence-corrected chi connectivity index (χ3v) is 10.00. The number of anilines is 1. The number of hydrogen-bond donors (Lipinski definition) is 3. The smallest absolute Gasteiger partial charge is 0.410 e. The Morgan fingerprint density at radius 1 is 0.746 bits per heavy atom. The fourth-order valence-electron chi connectivity index (χ4n) is 6.93. The van der Waals surface area contributed by atoms with Gasteiger partial charge in [-0.25, -0.2) is 24.4 Å². The van der Waals surface area contributed by atoms with Crippen molar-refractivity contribution in [1.29, 1.82) is 0 Å². The van der Waals surface area contributed by atoms with Gasteiger partial charge >= 0.3 is 18.3 Å². The van der Waals surface area contributed by atoms with Crippen LogP contribution in [0, 0.1) is 18.8 Å². The minimum Gasteiger partial charge on any atom is -0.507 e. The van der Waals surface area contributed by atoms with Gasteiger partial charge in [-0.05, 0) is 93.3 Å². The zero-order valence-corrected chi connectivity index (χ0v) is 34.2. The molecule has 5 aromatic rings. The molecule has 0 saturated carbocycles. The Hall–Kier alpha value is -6.37. The summed E-state index contributed by atoms with van der Waals surface area (Å²) in [4.78, 5) is 49.5. The Balaban J connectivity index is 0.000000214. The number of aromatic nitrogens is 2. The van der Waals surface area contributed by atoms with Crippen LogP contribution < -0.4 is 15.5 Å². The van der Waals surface area contributed by atoms with Crippen LogP contribution in [0.4, 0.5) is 20.2 Å². The Kier molecular flexibility index (Phi) is 14.2. The van der Waals surface area contributed by atoms with Gasteiger partial charge in [0.15, 0.2) is 5.82 Å². The molecule has 2 atom stereocenters. The summed E-state index contributed by atoms with van der Waals surface area (Å²) in [5.74, 6) is 2.01. The Morgan fingerprint density at radius 3 is 1.93 bits per heavy atom. The van der Waals surface area contributed by atoms with Crippen LogP contribution >= 0.6 is 0 Å². The lowest BCUT2D eigenvalue weighted by molar-refractivity contribution is 0.0288. The van der Waals surface area contributed by atoms with Gasteiger partial charge in [0.05, 0.1) is 11.1 Å². The molecule has 2 aliphatic rings. The van der Waals surface area contributed by atoms with Gasteiger partial charge in [0, 0.05) is 44.7 Å². The van der Waals surface area contributed by atoms with E-state index in [1.54, 1.807) is 17.0 Å². The molecule has 4 aromatic carbocycles. The number of phenolic OH excluding ortho intramolecular Hbond substituents is 1. The summed E-state index contributed by atoms with van der Waals surface area (Å²) < 4.78 is 15.9. The monoisotopic (exact) mass is 802 g/mol. The molecule has 2 fully saturated rings. The summed E-state index contributed by atoms with van der Waals surface area (Å²) in [5.41, 5.74) is 3.98. The molecular weight excluding hydrogens is 749 g/mol. The fourth-order valence-corrected chi connectivity index (χ4v) is 6.93. The van der Waals surface area contributed by atoms with E-state index in [1.807, 2.05) is 107 Å². The molecule has 310 valence electrons. The lowest BCUT2D eigenvalue weighted by Crippen LogP contribution is -2.36. The maximum atomic E-state index is 12.2. The average Bonchev–Trinajstić information content (AvgIpc) is 3.91. The molecule has 59 heavy (non-hydrogen) atoms. The number of rotatable bonds is 10. The molecule has 13 nitrogen and oxygen atoms in total. The van der Waals surface area contributed by atoms with E-state index in [0.29, 0.717) is 37.6 Å². The van der Waals surface area contributed by atoms with Gasteiger partial charge in [-0.3, -0.25) is 0 Å². The van der Waals surface area contributed by atoms with Gasteiger partial charge in [-0.1, -0.05) is 78.9 Å². The number of alkyl carbamates (subject to hydrolysis) is 2. The van der Waals surface area contributed by atoms with E-state index in [9.17, 15) is 19.5 Å². The van der Waals surface area contributed by atoms with E-state index >= 15 is 0 Å². The van der Waals surface area contributed by atoms with Crippen molar-refractivity contribution in [1.82, 2.24) is 25.5 Å². The lowest BCUT2D eigenvalue weighted by atomic mass is 10.1. The van der Waals surface area contributed by atoms with Crippen molar-refractivity contribution < 1.29 is 33.7 Å². The third-order valence-electron chi connectivity index (χ3n) is 10.00. The van der Waals surface area contributed by atoms with Crippen molar-refractivity contribution in [2.75, 3.05) is 44.2 Å². The van der Waals surface area contributed by atoms with E-state index < -0.39 is 17.8 Å². The maximum Gasteiger partial charge on any atom is 0.410 e. The highest BCUT2D eigenvalue weighted by atomic mass is 16.6. The highest BCUT2D eigenvalue weighted by molar-refractivity contribution is 5.92. The first-order valence-corrected chi connectivity index (χ1v) is 20.1. The second-order valence-corrected chi connectivity index (χ2v) is 16.0. The Bertz CT molecular complexity index is 2180. The van der Waals surface area contributed by atoms with Crippen LogP contribution in [0.2, 0.25) is 0 Å². The summed E-state index contributed by atoms with van der Waals surface area (Å²) in [6, 6.07) is 32.5. The molecule has 0 radical (unpaired) electrons. The number of benzene rings is 4. The minimum atomic E-state index is -0.491. The Morgan fingerprint density at radius 2 is 1.32 bits per heavy atom. The minimum absolute atomic E-state index is 0.156. The van der Waals surface area contributed by atoms with Crippen molar-refractivity contribution in [3.63, 3.8) is 0 Å². The highest BCUT2D eigenvalue weighted by Crippen LogP contribution is 2.34. The number of phenols is 1. The molecule has 0 spiro atoms. The number of aromatic hydroxyl groups is 1. The molecule has 2 saturated heterocycles. The number of hydrogen-bond acceptors (Lipinski definition) is 10. The number of carbonyl (C=O) groups excluding carboxylic acids is 3. The molecule has 0 aliphatic carbocycles. The van der Waals surface area contributed by atoms with Gasteiger partial charge in [0.2, 0.25) is 0 Å². The fraction of sp³-hybridized carbons (Fsp3) is 0.370. The van der Waals surface area contributed by atoms with Crippen LogP contribution in [-0.4, -0.2) is 83.1 Å². The SMILES string of the molecule is CC(C)(C)OC(=O)N1CC[C@@H](CNC(=O)OCc2ccccc2)C1.Cc1ccc2c(N3CC[C@@H](CNC(=O)OCc4ccccc4)C3)nc(-c3ccccc3O)nc2c1. The highest BCUT2D eigenvalue weighted by Gasteiger charge is 2.30. The normalized spacial score (nSPS) is 16.2. The van der Waals surface area contributed by atoms with Gasteiger partial charge < -0.3 is 39.8 Å². The summed E-state index contributed by atoms with van der Waals surface area (Å²) in [5, 5.41) is 17.0. The predicted octanol–water partition coefficient (Wildman–Crippen LogP) is 8.23. The number of aryl methyl sites for hydroxylation is 1. The molecule has 3 amide bonds. The van der Waals surface area contributed by atoms with Crippen LogP contribution in [-0.2, 0) is 27.4 Å². The summed E-state index contributed by atoms with van der Waals surface area (Å²) in [6.07, 6.45) is 0.642. The number of ether oxygens (including phenoxy) is 3. The van der Waals surface area contributed by atoms with Gasteiger partial charge in [-0.15, -0.1) is 0 Å².